The van der Waals surface area contributed by atoms with E-state index in [1.54, 1.807) is 12.0 Å². The van der Waals surface area contributed by atoms with Crippen molar-refractivity contribution in [1.82, 2.24) is 10.2 Å². The standard InChI is InChI=1S/C29H33FN2O4/c1-3-4-17-31-29(34)27(19-22-9-6-5-7-10-22)32(20-23-11-8-12-26(18-23)35-2)28(33)21-36-25-15-13-24(30)14-16-25/h5-16,18,27H,3-4,17,19-21H2,1-2H3,(H,31,34). The molecule has 0 aromatic heterocycles. The summed E-state index contributed by atoms with van der Waals surface area (Å²) < 4.78 is 24.3. The maximum atomic E-state index is 13.5. The minimum Gasteiger partial charge on any atom is -0.497 e. The van der Waals surface area contributed by atoms with Gasteiger partial charge in [0.05, 0.1) is 7.11 Å². The van der Waals surface area contributed by atoms with Crippen molar-refractivity contribution in [3.05, 3.63) is 95.8 Å². The summed E-state index contributed by atoms with van der Waals surface area (Å²) in [5, 5.41) is 2.99. The van der Waals surface area contributed by atoms with Crippen molar-refractivity contribution in [3.63, 3.8) is 0 Å². The van der Waals surface area contributed by atoms with Crippen LogP contribution in [0.25, 0.3) is 0 Å². The molecule has 0 saturated carbocycles. The van der Waals surface area contributed by atoms with Gasteiger partial charge in [0.1, 0.15) is 23.4 Å². The van der Waals surface area contributed by atoms with E-state index in [1.807, 2.05) is 54.6 Å². The zero-order valence-corrected chi connectivity index (χ0v) is 20.8. The van der Waals surface area contributed by atoms with Crippen molar-refractivity contribution in [2.24, 2.45) is 0 Å². The number of rotatable bonds is 13. The van der Waals surface area contributed by atoms with Gasteiger partial charge in [-0.15, -0.1) is 0 Å². The molecule has 0 radical (unpaired) electrons. The molecule has 0 fully saturated rings. The lowest BCUT2D eigenvalue weighted by atomic mass is 10.0. The number of carbonyl (C=O) groups is 2. The Balaban J connectivity index is 1.89. The van der Waals surface area contributed by atoms with Gasteiger partial charge in [-0.3, -0.25) is 9.59 Å². The highest BCUT2D eigenvalue weighted by molar-refractivity contribution is 5.88. The second-order valence-corrected chi connectivity index (χ2v) is 8.47. The number of hydrogen-bond donors (Lipinski definition) is 1. The highest BCUT2D eigenvalue weighted by Gasteiger charge is 2.30. The number of amides is 2. The highest BCUT2D eigenvalue weighted by atomic mass is 19.1. The molecule has 3 aromatic carbocycles. The molecular weight excluding hydrogens is 459 g/mol. The van der Waals surface area contributed by atoms with Crippen LogP contribution in [0.15, 0.2) is 78.9 Å². The van der Waals surface area contributed by atoms with Gasteiger partial charge < -0.3 is 19.7 Å². The molecule has 0 bridgehead atoms. The number of methoxy groups -OCH3 is 1. The molecule has 3 rings (SSSR count). The zero-order valence-electron chi connectivity index (χ0n) is 20.8. The molecule has 1 atom stereocenters. The van der Waals surface area contributed by atoms with Crippen LogP contribution >= 0.6 is 0 Å². The van der Waals surface area contributed by atoms with Gasteiger partial charge in [0, 0.05) is 19.5 Å². The van der Waals surface area contributed by atoms with E-state index in [9.17, 15) is 14.0 Å². The third kappa shape index (κ3) is 8.12. The van der Waals surface area contributed by atoms with Crippen LogP contribution in [0.4, 0.5) is 4.39 Å². The van der Waals surface area contributed by atoms with Crippen molar-refractivity contribution in [3.8, 4) is 11.5 Å². The predicted molar refractivity (Wildman–Crippen MR) is 137 cm³/mol. The number of halogens is 1. The van der Waals surface area contributed by atoms with Gasteiger partial charge >= 0.3 is 0 Å². The van der Waals surface area contributed by atoms with E-state index < -0.39 is 6.04 Å². The van der Waals surface area contributed by atoms with Crippen LogP contribution in [0.1, 0.15) is 30.9 Å². The Kier molecular flexibility index (Phi) is 10.3. The summed E-state index contributed by atoms with van der Waals surface area (Å²) in [5.41, 5.74) is 1.76. The SMILES string of the molecule is CCCCNC(=O)C(Cc1ccccc1)N(Cc1cccc(OC)c1)C(=O)COc1ccc(F)cc1. The van der Waals surface area contributed by atoms with Crippen LogP contribution in [0, 0.1) is 5.82 Å². The Morgan fingerprint density at radius 1 is 0.944 bits per heavy atom. The normalized spacial score (nSPS) is 11.4. The fourth-order valence-electron chi connectivity index (χ4n) is 3.79. The van der Waals surface area contributed by atoms with Crippen LogP contribution in [-0.2, 0) is 22.6 Å². The second kappa shape index (κ2) is 13.9. The van der Waals surface area contributed by atoms with Crippen molar-refractivity contribution >= 4 is 11.8 Å². The molecule has 36 heavy (non-hydrogen) atoms. The van der Waals surface area contributed by atoms with Gasteiger partial charge in [0.25, 0.3) is 5.91 Å². The molecule has 0 aliphatic heterocycles. The molecule has 0 heterocycles. The molecular formula is C29H33FN2O4. The fourth-order valence-corrected chi connectivity index (χ4v) is 3.79. The van der Waals surface area contributed by atoms with Crippen LogP contribution in [0.2, 0.25) is 0 Å². The van der Waals surface area contributed by atoms with E-state index in [4.69, 9.17) is 9.47 Å². The van der Waals surface area contributed by atoms with E-state index in [0.29, 0.717) is 24.5 Å². The molecule has 2 amide bonds. The van der Waals surface area contributed by atoms with Crippen molar-refractivity contribution in [2.75, 3.05) is 20.3 Å². The van der Waals surface area contributed by atoms with E-state index in [-0.39, 0.29) is 30.8 Å². The second-order valence-electron chi connectivity index (χ2n) is 8.47. The van der Waals surface area contributed by atoms with Gasteiger partial charge in [-0.2, -0.15) is 0 Å². The molecule has 6 nitrogen and oxygen atoms in total. The molecule has 0 aliphatic rings. The monoisotopic (exact) mass is 492 g/mol. The van der Waals surface area contributed by atoms with Gasteiger partial charge in [0.2, 0.25) is 5.91 Å². The average molecular weight is 493 g/mol. The number of nitrogens with zero attached hydrogens (tertiary/aromatic N) is 1. The fraction of sp³-hybridized carbons (Fsp3) is 0.310. The maximum absolute atomic E-state index is 13.5. The molecule has 1 N–H and O–H groups in total. The first-order valence-corrected chi connectivity index (χ1v) is 12.1. The van der Waals surface area contributed by atoms with E-state index in [2.05, 4.69) is 12.2 Å². The molecule has 190 valence electrons. The van der Waals surface area contributed by atoms with E-state index >= 15 is 0 Å². The van der Waals surface area contributed by atoms with Crippen LogP contribution in [0.3, 0.4) is 0 Å². The average Bonchev–Trinajstić information content (AvgIpc) is 2.91. The topological polar surface area (TPSA) is 67.9 Å². The molecule has 1 unspecified atom stereocenters. The first-order valence-electron chi connectivity index (χ1n) is 12.1. The Bertz CT molecular complexity index is 1110. The molecule has 0 saturated heterocycles. The van der Waals surface area contributed by atoms with Crippen molar-refractivity contribution in [1.29, 1.82) is 0 Å². The molecule has 7 heteroatoms. The third-order valence-electron chi connectivity index (χ3n) is 5.76. The van der Waals surface area contributed by atoms with Gasteiger partial charge in [-0.05, 0) is 53.9 Å². The lowest BCUT2D eigenvalue weighted by Crippen LogP contribution is -2.51. The summed E-state index contributed by atoms with van der Waals surface area (Å²) in [6.45, 7) is 2.50. The summed E-state index contributed by atoms with van der Waals surface area (Å²) in [4.78, 5) is 28.5. The van der Waals surface area contributed by atoms with Crippen LogP contribution in [-0.4, -0.2) is 43.0 Å². The number of benzene rings is 3. The van der Waals surface area contributed by atoms with Crippen molar-refractivity contribution < 1.29 is 23.5 Å². The van der Waals surface area contributed by atoms with Crippen LogP contribution < -0.4 is 14.8 Å². The first-order chi connectivity index (χ1) is 17.5. The minimum absolute atomic E-state index is 0.196. The lowest BCUT2D eigenvalue weighted by Gasteiger charge is -2.31. The largest absolute Gasteiger partial charge is 0.497 e. The summed E-state index contributed by atoms with van der Waals surface area (Å²) in [6, 6.07) is 21.7. The van der Waals surface area contributed by atoms with E-state index in [1.165, 1.54) is 24.3 Å². The lowest BCUT2D eigenvalue weighted by molar-refractivity contribution is -0.142. The summed E-state index contributed by atoms with van der Waals surface area (Å²) in [6.07, 6.45) is 2.15. The van der Waals surface area contributed by atoms with E-state index in [0.717, 1.165) is 24.0 Å². The number of ether oxygens (including phenoxy) is 2. The summed E-state index contributed by atoms with van der Waals surface area (Å²) in [7, 11) is 1.58. The predicted octanol–water partition coefficient (Wildman–Crippen LogP) is 4.77. The smallest absolute Gasteiger partial charge is 0.261 e. The first kappa shape index (κ1) is 26.7. The molecule has 0 spiro atoms. The minimum atomic E-state index is -0.750. The highest BCUT2D eigenvalue weighted by Crippen LogP contribution is 2.19. The number of nitrogens with one attached hydrogen (secondary N) is 1. The Labute approximate surface area is 212 Å². The summed E-state index contributed by atoms with van der Waals surface area (Å²) >= 11 is 0. The van der Waals surface area contributed by atoms with Crippen LogP contribution in [0.5, 0.6) is 11.5 Å². The number of unbranched alkanes of at least 4 members (excludes halogenated alkanes) is 1. The Hall–Kier alpha value is -3.87. The molecule has 3 aromatic rings. The zero-order chi connectivity index (χ0) is 25.8. The Morgan fingerprint density at radius 3 is 2.36 bits per heavy atom. The third-order valence-corrected chi connectivity index (χ3v) is 5.76. The van der Waals surface area contributed by atoms with Gasteiger partial charge in [-0.25, -0.2) is 4.39 Å². The Morgan fingerprint density at radius 2 is 1.67 bits per heavy atom. The summed E-state index contributed by atoms with van der Waals surface area (Å²) in [5.74, 6) is 0.0756. The van der Waals surface area contributed by atoms with Gasteiger partial charge in [0.15, 0.2) is 6.61 Å². The number of hydrogen-bond acceptors (Lipinski definition) is 4. The number of carbonyl (C=O) groups excluding carboxylic acids is 2. The van der Waals surface area contributed by atoms with Gasteiger partial charge in [-0.1, -0.05) is 55.8 Å². The quantitative estimate of drug-likeness (QED) is 0.349. The maximum Gasteiger partial charge on any atom is 0.261 e. The molecule has 0 aliphatic carbocycles. The van der Waals surface area contributed by atoms with Crippen molar-refractivity contribution in [2.45, 2.75) is 38.8 Å².